The van der Waals surface area contributed by atoms with Crippen molar-refractivity contribution in [3.05, 3.63) is 26.9 Å². The number of nitrogens with zero attached hydrogens (tertiary/aromatic N) is 1. The van der Waals surface area contributed by atoms with Crippen molar-refractivity contribution in [3.63, 3.8) is 0 Å². The molecular formula is C15H18BrNO3S. The van der Waals surface area contributed by atoms with Gasteiger partial charge in [0.05, 0.1) is 17.0 Å². The van der Waals surface area contributed by atoms with Crippen molar-refractivity contribution >= 4 is 39.2 Å². The Hall–Kier alpha value is -0.690. The van der Waals surface area contributed by atoms with E-state index in [9.17, 15) is 4.79 Å². The fourth-order valence-corrected chi connectivity index (χ4v) is 4.04. The highest BCUT2D eigenvalue weighted by atomic mass is 79.9. The Morgan fingerprint density at radius 2 is 2.00 bits per heavy atom. The highest BCUT2D eigenvalue weighted by molar-refractivity contribution is 9.11. The molecule has 0 unspecified atom stereocenters. The summed E-state index contributed by atoms with van der Waals surface area (Å²) < 4.78 is 12.2. The van der Waals surface area contributed by atoms with Crippen molar-refractivity contribution in [1.29, 1.82) is 0 Å². The zero-order valence-electron chi connectivity index (χ0n) is 11.7. The number of piperidine rings is 1. The predicted molar refractivity (Wildman–Crippen MR) is 86.0 cm³/mol. The fourth-order valence-electron chi connectivity index (χ4n) is 2.72. The summed E-state index contributed by atoms with van der Waals surface area (Å²) in [7, 11) is 0. The molecule has 2 saturated heterocycles. The maximum absolute atomic E-state index is 12.2. The molecule has 114 valence electrons. The molecule has 1 amide bonds. The molecule has 21 heavy (non-hydrogen) atoms. The molecule has 2 aliphatic rings. The molecule has 0 aliphatic carbocycles. The largest absolute Gasteiger partial charge is 0.350 e. The number of rotatable bonds is 3. The molecule has 1 aromatic heterocycles. The smallest absolute Gasteiger partial charge is 0.246 e. The van der Waals surface area contributed by atoms with E-state index in [0.717, 1.165) is 34.6 Å². The van der Waals surface area contributed by atoms with E-state index in [1.807, 2.05) is 23.1 Å². The molecule has 2 fully saturated rings. The summed E-state index contributed by atoms with van der Waals surface area (Å²) >= 11 is 5.04. The second-order valence-corrected chi connectivity index (χ2v) is 7.74. The lowest BCUT2D eigenvalue weighted by Crippen LogP contribution is -2.40. The Morgan fingerprint density at radius 3 is 2.62 bits per heavy atom. The average molecular weight is 372 g/mol. The maximum atomic E-state index is 12.2. The van der Waals surface area contributed by atoms with Gasteiger partial charge in [0.2, 0.25) is 5.91 Å². The number of carbonyl (C=O) groups excluding carboxylic acids is 1. The van der Waals surface area contributed by atoms with E-state index in [1.165, 1.54) is 0 Å². The van der Waals surface area contributed by atoms with Gasteiger partial charge in [0.15, 0.2) is 6.29 Å². The van der Waals surface area contributed by atoms with Crippen LogP contribution in [-0.2, 0) is 14.3 Å². The van der Waals surface area contributed by atoms with Gasteiger partial charge < -0.3 is 14.4 Å². The van der Waals surface area contributed by atoms with E-state index >= 15 is 0 Å². The van der Waals surface area contributed by atoms with Gasteiger partial charge >= 0.3 is 0 Å². The van der Waals surface area contributed by atoms with Crippen molar-refractivity contribution in [2.45, 2.75) is 19.1 Å². The normalized spacial score (nSPS) is 21.5. The lowest BCUT2D eigenvalue weighted by atomic mass is 9.96. The minimum Gasteiger partial charge on any atom is -0.350 e. The van der Waals surface area contributed by atoms with Gasteiger partial charge in [-0.1, -0.05) is 0 Å². The van der Waals surface area contributed by atoms with Crippen molar-refractivity contribution in [2.75, 3.05) is 26.3 Å². The second-order valence-electron chi connectivity index (χ2n) is 5.25. The molecule has 0 N–H and O–H groups in total. The maximum Gasteiger partial charge on any atom is 0.246 e. The highest BCUT2D eigenvalue weighted by Gasteiger charge is 2.31. The molecule has 3 heterocycles. The van der Waals surface area contributed by atoms with Crippen LogP contribution < -0.4 is 0 Å². The van der Waals surface area contributed by atoms with Crippen LogP contribution in [0.1, 0.15) is 17.7 Å². The van der Waals surface area contributed by atoms with Gasteiger partial charge in [0.25, 0.3) is 0 Å². The number of thiophene rings is 1. The zero-order valence-corrected chi connectivity index (χ0v) is 14.1. The monoisotopic (exact) mass is 371 g/mol. The van der Waals surface area contributed by atoms with Crippen LogP contribution in [-0.4, -0.2) is 43.4 Å². The summed E-state index contributed by atoms with van der Waals surface area (Å²) in [6.45, 7) is 2.96. The predicted octanol–water partition coefficient (Wildman–Crippen LogP) is 3.14. The van der Waals surface area contributed by atoms with E-state index in [1.54, 1.807) is 17.4 Å². The standard InChI is InChI=1S/C15H18BrNO3S/c16-13-3-1-12(21-13)2-4-14(18)17-7-5-11(6-8-17)15-19-9-10-20-15/h1-4,11,15H,5-10H2/b4-2+. The summed E-state index contributed by atoms with van der Waals surface area (Å²) in [5.41, 5.74) is 0. The molecule has 0 atom stereocenters. The van der Waals surface area contributed by atoms with E-state index in [2.05, 4.69) is 15.9 Å². The molecule has 0 bridgehead atoms. The van der Waals surface area contributed by atoms with E-state index in [4.69, 9.17) is 9.47 Å². The Morgan fingerprint density at radius 1 is 1.29 bits per heavy atom. The Bertz CT molecular complexity index is 517. The number of amides is 1. The summed E-state index contributed by atoms with van der Waals surface area (Å²) in [6.07, 6.45) is 5.40. The van der Waals surface area contributed by atoms with Crippen LogP contribution in [0.5, 0.6) is 0 Å². The van der Waals surface area contributed by atoms with E-state index in [-0.39, 0.29) is 12.2 Å². The van der Waals surface area contributed by atoms with Crippen molar-refractivity contribution in [3.8, 4) is 0 Å². The molecule has 1 aromatic rings. The lowest BCUT2D eigenvalue weighted by molar-refractivity contribution is -0.131. The Kier molecular flexibility index (Phi) is 5.11. The molecule has 4 nitrogen and oxygen atoms in total. The van der Waals surface area contributed by atoms with Crippen LogP contribution in [0.2, 0.25) is 0 Å². The molecule has 0 aromatic carbocycles. The first kappa shape index (κ1) is 15.2. The molecule has 0 saturated carbocycles. The zero-order chi connectivity index (χ0) is 14.7. The van der Waals surface area contributed by atoms with Crippen molar-refractivity contribution < 1.29 is 14.3 Å². The lowest BCUT2D eigenvalue weighted by Gasteiger charge is -2.33. The first-order chi connectivity index (χ1) is 10.2. The molecule has 6 heteroatoms. The third kappa shape index (κ3) is 3.94. The van der Waals surface area contributed by atoms with Crippen molar-refractivity contribution in [1.82, 2.24) is 4.90 Å². The quantitative estimate of drug-likeness (QED) is 0.766. The fraction of sp³-hybridized carbons (Fsp3) is 0.533. The van der Waals surface area contributed by atoms with Gasteiger partial charge in [-0.3, -0.25) is 4.79 Å². The van der Waals surface area contributed by atoms with E-state index < -0.39 is 0 Å². The summed E-state index contributed by atoms with van der Waals surface area (Å²) in [6, 6.07) is 3.99. The van der Waals surface area contributed by atoms with Crippen molar-refractivity contribution in [2.24, 2.45) is 5.92 Å². The van der Waals surface area contributed by atoms with Gasteiger partial charge in [-0.05, 0) is 47.0 Å². The average Bonchev–Trinajstić information content (AvgIpc) is 3.16. The summed E-state index contributed by atoms with van der Waals surface area (Å²) in [4.78, 5) is 15.2. The van der Waals surface area contributed by atoms with Gasteiger partial charge in [0.1, 0.15) is 0 Å². The first-order valence-corrected chi connectivity index (χ1v) is 8.79. The minimum atomic E-state index is -0.0544. The SMILES string of the molecule is O=C(/C=C/c1ccc(Br)s1)N1CCC(C2OCCO2)CC1. The van der Waals surface area contributed by atoms with Crippen LogP contribution in [0.3, 0.4) is 0 Å². The third-order valence-electron chi connectivity index (χ3n) is 3.87. The van der Waals surface area contributed by atoms with Gasteiger partial charge in [-0.15, -0.1) is 11.3 Å². The first-order valence-electron chi connectivity index (χ1n) is 7.18. The van der Waals surface area contributed by atoms with Crippen LogP contribution in [0.15, 0.2) is 22.0 Å². The number of carbonyl (C=O) groups is 1. The number of ether oxygens (including phenoxy) is 2. The molecular weight excluding hydrogens is 354 g/mol. The van der Waals surface area contributed by atoms with Gasteiger partial charge in [0, 0.05) is 30.0 Å². The van der Waals surface area contributed by atoms with Crippen LogP contribution >= 0.6 is 27.3 Å². The second kappa shape index (κ2) is 7.05. The molecule has 3 rings (SSSR count). The van der Waals surface area contributed by atoms with Crippen LogP contribution in [0.4, 0.5) is 0 Å². The number of hydrogen-bond donors (Lipinski definition) is 0. The van der Waals surface area contributed by atoms with Crippen LogP contribution in [0, 0.1) is 5.92 Å². The number of hydrogen-bond acceptors (Lipinski definition) is 4. The van der Waals surface area contributed by atoms with Gasteiger partial charge in [-0.2, -0.15) is 0 Å². The molecule has 0 radical (unpaired) electrons. The van der Waals surface area contributed by atoms with E-state index in [0.29, 0.717) is 19.1 Å². The molecule has 0 spiro atoms. The Balaban J connectivity index is 1.49. The summed E-state index contributed by atoms with van der Waals surface area (Å²) in [5, 5.41) is 0. The summed E-state index contributed by atoms with van der Waals surface area (Å²) in [5.74, 6) is 0.514. The number of likely N-dealkylation sites (tertiary alicyclic amines) is 1. The van der Waals surface area contributed by atoms with Gasteiger partial charge in [-0.25, -0.2) is 0 Å². The number of halogens is 1. The third-order valence-corrected chi connectivity index (χ3v) is 5.46. The minimum absolute atomic E-state index is 0.0544. The molecule has 2 aliphatic heterocycles. The Labute approximate surface area is 136 Å². The van der Waals surface area contributed by atoms with Crippen LogP contribution in [0.25, 0.3) is 6.08 Å². The topological polar surface area (TPSA) is 38.8 Å². The highest BCUT2D eigenvalue weighted by Crippen LogP contribution is 2.26.